The third-order valence-electron chi connectivity index (χ3n) is 6.65. The Hall–Kier alpha value is -2.83. The number of pyridine rings is 1. The number of urea groups is 1. The highest BCUT2D eigenvalue weighted by atomic mass is 35.5. The number of aromatic amines is 1. The highest BCUT2D eigenvalue weighted by Gasteiger charge is 2.35. The summed E-state index contributed by atoms with van der Waals surface area (Å²) in [7, 11) is 0. The molecule has 1 saturated heterocycles. The molecule has 4 N–H and O–H groups in total. The molecule has 40 heavy (non-hydrogen) atoms. The largest absolute Gasteiger partial charge is 0.362 e. The smallest absolute Gasteiger partial charge is 0.338 e. The van der Waals surface area contributed by atoms with Crippen LogP contribution in [0.25, 0.3) is 0 Å². The third kappa shape index (κ3) is 5.53. The van der Waals surface area contributed by atoms with Gasteiger partial charge in [-0.1, -0.05) is 47.1 Å². The minimum Gasteiger partial charge on any atom is -0.338 e. The van der Waals surface area contributed by atoms with Gasteiger partial charge < -0.3 is 20.9 Å². The van der Waals surface area contributed by atoms with Crippen LogP contribution in [-0.4, -0.2) is 34.9 Å². The Morgan fingerprint density at radius 2 is 1.77 bits per heavy atom. The van der Waals surface area contributed by atoms with Gasteiger partial charge in [-0.15, -0.1) is 0 Å². The molecule has 0 spiro atoms. The summed E-state index contributed by atoms with van der Waals surface area (Å²) in [6.45, 7) is 1.57. The Bertz CT molecular complexity index is 1560. The lowest BCUT2D eigenvalue weighted by Crippen LogP contribution is -2.47. The van der Waals surface area contributed by atoms with E-state index in [0.29, 0.717) is 18.8 Å². The lowest BCUT2D eigenvalue weighted by molar-refractivity contribution is 0.0740. The maximum Gasteiger partial charge on any atom is 0.362 e. The van der Waals surface area contributed by atoms with Gasteiger partial charge in [0.2, 0.25) is 0 Å². The SMILES string of the molecule is NCc1cc2c(cc1N1CCCNC1=O)CN(C(=O)c1c(Sc3c(Cl)cccc3Cl)cc(C(F)(F)Cl)[nH]c1=O)C2. The van der Waals surface area contributed by atoms with Gasteiger partial charge >= 0.3 is 11.4 Å². The standard InChI is InChI=1S/C26H22Cl3F2N5O3S/c27-16-3-1-4-17(28)22(16)40-19-9-20(26(29,30)31)34-23(37)21(19)24(38)35-11-14-7-13(10-32)18(8-15(14)12-35)36-6-2-5-33-25(36)39/h1,3-4,7-9H,2,5-6,10-12,32H2,(H,33,39)(H,34,37). The minimum absolute atomic E-state index is 0.0802. The molecule has 0 bridgehead atoms. The topological polar surface area (TPSA) is 112 Å². The molecule has 5 rings (SSSR count). The maximum atomic E-state index is 14.0. The number of H-pyrrole nitrogens is 1. The van der Waals surface area contributed by atoms with Crippen LogP contribution in [0.15, 0.2) is 51.0 Å². The predicted molar refractivity (Wildman–Crippen MR) is 151 cm³/mol. The van der Waals surface area contributed by atoms with Gasteiger partial charge in [-0.05, 0) is 59.0 Å². The summed E-state index contributed by atoms with van der Waals surface area (Å²) in [5.74, 6) is -0.681. The van der Waals surface area contributed by atoms with Crippen molar-refractivity contribution in [3.8, 4) is 0 Å². The van der Waals surface area contributed by atoms with E-state index < -0.39 is 22.5 Å². The van der Waals surface area contributed by atoms with E-state index in [1.807, 2.05) is 17.1 Å². The Kier molecular flexibility index (Phi) is 8.04. The zero-order valence-electron chi connectivity index (χ0n) is 20.7. The first-order valence-electron chi connectivity index (χ1n) is 12.1. The fourth-order valence-electron chi connectivity index (χ4n) is 4.73. The number of nitrogens with one attached hydrogen (secondary N) is 2. The number of amides is 3. The third-order valence-corrected chi connectivity index (χ3v) is 8.89. The number of rotatable bonds is 6. The summed E-state index contributed by atoms with van der Waals surface area (Å²) in [6, 6.07) is 9.11. The number of alkyl halides is 3. The summed E-state index contributed by atoms with van der Waals surface area (Å²) >= 11 is 18.6. The monoisotopic (exact) mass is 627 g/mol. The average molecular weight is 629 g/mol. The molecule has 14 heteroatoms. The van der Waals surface area contributed by atoms with Crippen LogP contribution in [0.1, 0.15) is 39.2 Å². The molecule has 2 aliphatic rings. The molecule has 0 aliphatic carbocycles. The van der Waals surface area contributed by atoms with E-state index in [0.717, 1.165) is 40.9 Å². The number of nitrogens with zero attached hydrogens (tertiary/aromatic N) is 2. The van der Waals surface area contributed by atoms with E-state index in [-0.39, 0.29) is 51.1 Å². The van der Waals surface area contributed by atoms with E-state index in [1.54, 1.807) is 23.1 Å². The van der Waals surface area contributed by atoms with Crippen LogP contribution in [0, 0.1) is 0 Å². The zero-order valence-corrected chi connectivity index (χ0v) is 23.8. The van der Waals surface area contributed by atoms with Crippen LogP contribution in [0.5, 0.6) is 0 Å². The quantitative estimate of drug-likeness (QED) is 0.305. The number of hydrogen-bond acceptors (Lipinski definition) is 5. The molecule has 3 heterocycles. The molecular formula is C26H22Cl3F2N5O3S. The van der Waals surface area contributed by atoms with Crippen LogP contribution < -0.4 is 21.5 Å². The number of fused-ring (bicyclic) bond motifs is 1. The predicted octanol–water partition coefficient (Wildman–Crippen LogP) is 5.66. The van der Waals surface area contributed by atoms with Crippen molar-refractivity contribution in [3.05, 3.63) is 84.7 Å². The van der Waals surface area contributed by atoms with E-state index in [9.17, 15) is 23.2 Å². The van der Waals surface area contributed by atoms with Crippen molar-refractivity contribution < 1.29 is 18.4 Å². The molecule has 1 aromatic heterocycles. The molecule has 0 atom stereocenters. The normalized spacial score (nSPS) is 15.3. The van der Waals surface area contributed by atoms with Crippen molar-refractivity contribution in [2.75, 3.05) is 18.0 Å². The molecule has 1 fully saturated rings. The van der Waals surface area contributed by atoms with Crippen molar-refractivity contribution in [1.29, 1.82) is 0 Å². The summed E-state index contributed by atoms with van der Waals surface area (Å²) < 4.78 is 28.0. The number of anilines is 1. The van der Waals surface area contributed by atoms with Gasteiger partial charge in [-0.3, -0.25) is 14.5 Å². The summed E-state index contributed by atoms with van der Waals surface area (Å²) in [5.41, 5.74) is 6.71. The number of nitrogens with two attached hydrogens (primary N) is 1. The first-order valence-corrected chi connectivity index (χ1v) is 14.1. The first kappa shape index (κ1) is 28.7. The lowest BCUT2D eigenvalue weighted by atomic mass is 10.0. The van der Waals surface area contributed by atoms with Gasteiger partial charge in [0.1, 0.15) is 11.3 Å². The van der Waals surface area contributed by atoms with Crippen molar-refractivity contribution in [1.82, 2.24) is 15.2 Å². The lowest BCUT2D eigenvalue weighted by Gasteiger charge is -2.29. The summed E-state index contributed by atoms with van der Waals surface area (Å²) in [6.07, 6.45) is 0.771. The van der Waals surface area contributed by atoms with Crippen LogP contribution >= 0.6 is 46.6 Å². The van der Waals surface area contributed by atoms with Gasteiger partial charge in [0.15, 0.2) is 0 Å². The molecule has 0 radical (unpaired) electrons. The highest BCUT2D eigenvalue weighted by molar-refractivity contribution is 7.99. The minimum atomic E-state index is -3.89. The maximum absolute atomic E-state index is 14.0. The molecule has 0 unspecified atom stereocenters. The molecule has 3 aromatic rings. The van der Waals surface area contributed by atoms with Gasteiger partial charge in [-0.25, -0.2) is 4.79 Å². The van der Waals surface area contributed by atoms with E-state index in [4.69, 9.17) is 40.5 Å². The van der Waals surface area contributed by atoms with E-state index in [2.05, 4.69) is 5.32 Å². The molecule has 2 aliphatic heterocycles. The van der Waals surface area contributed by atoms with Crippen molar-refractivity contribution in [3.63, 3.8) is 0 Å². The summed E-state index contributed by atoms with van der Waals surface area (Å²) in [4.78, 5) is 44.6. The number of carbonyl (C=O) groups is 2. The van der Waals surface area contributed by atoms with Gasteiger partial charge in [0, 0.05) is 42.5 Å². The second-order valence-corrected chi connectivity index (χ2v) is 11.6. The number of halogens is 5. The van der Waals surface area contributed by atoms with Crippen LogP contribution in [0.3, 0.4) is 0 Å². The molecular weight excluding hydrogens is 607 g/mol. The van der Waals surface area contributed by atoms with Crippen LogP contribution in [0.4, 0.5) is 19.3 Å². The van der Waals surface area contributed by atoms with Gasteiger partial charge in [0.05, 0.1) is 15.7 Å². The Morgan fingerprint density at radius 3 is 2.40 bits per heavy atom. The van der Waals surface area contributed by atoms with E-state index in [1.165, 1.54) is 4.90 Å². The summed E-state index contributed by atoms with van der Waals surface area (Å²) in [5, 5.41) is -0.645. The Morgan fingerprint density at radius 1 is 1.10 bits per heavy atom. The molecule has 3 amide bonds. The van der Waals surface area contributed by atoms with Gasteiger partial charge in [-0.2, -0.15) is 8.78 Å². The highest BCUT2D eigenvalue weighted by Crippen LogP contribution is 2.42. The number of hydrogen-bond donors (Lipinski definition) is 3. The fraction of sp³-hybridized carbons (Fsp3) is 0.269. The Labute approximate surface area is 246 Å². The zero-order chi connectivity index (χ0) is 28.8. The van der Waals surface area contributed by atoms with Crippen molar-refractivity contribution >= 4 is 64.2 Å². The first-order chi connectivity index (χ1) is 19.0. The second-order valence-electron chi connectivity index (χ2n) is 9.25. The number of carbonyl (C=O) groups excluding carboxylic acids is 2. The van der Waals surface area contributed by atoms with Crippen LogP contribution in [-0.2, 0) is 25.0 Å². The number of aromatic nitrogens is 1. The number of benzene rings is 2. The van der Waals surface area contributed by atoms with Crippen molar-refractivity contribution in [2.24, 2.45) is 5.73 Å². The van der Waals surface area contributed by atoms with Crippen molar-refractivity contribution in [2.45, 2.75) is 41.2 Å². The van der Waals surface area contributed by atoms with Gasteiger partial charge in [0.25, 0.3) is 11.5 Å². The molecule has 0 saturated carbocycles. The Balaban J connectivity index is 1.52. The van der Waals surface area contributed by atoms with Crippen LogP contribution in [0.2, 0.25) is 10.0 Å². The molecule has 2 aromatic carbocycles. The van der Waals surface area contributed by atoms with E-state index >= 15 is 0 Å². The second kappa shape index (κ2) is 11.2. The average Bonchev–Trinajstić information content (AvgIpc) is 3.32. The molecule has 8 nitrogen and oxygen atoms in total. The fourth-order valence-corrected chi connectivity index (χ4v) is 6.47. The molecule has 210 valence electrons.